The van der Waals surface area contributed by atoms with Gasteiger partial charge in [-0.2, -0.15) is 0 Å². The van der Waals surface area contributed by atoms with Crippen LogP contribution in [-0.2, 0) is 6.54 Å². The summed E-state index contributed by atoms with van der Waals surface area (Å²) in [7, 11) is 0. The first-order valence-corrected chi connectivity index (χ1v) is 7.46. The number of rotatable bonds is 5. The maximum absolute atomic E-state index is 6.19. The number of hydrogen-bond donors (Lipinski definition) is 1. The van der Waals surface area contributed by atoms with Crippen LogP contribution in [0.3, 0.4) is 0 Å². The van der Waals surface area contributed by atoms with Gasteiger partial charge in [0.2, 0.25) is 0 Å². The SMILES string of the molecule is CCC(C)(C)NCc1ccc(-c2ccc(Cl)cc2Cl)o1. The van der Waals surface area contributed by atoms with Gasteiger partial charge in [-0.15, -0.1) is 0 Å². The summed E-state index contributed by atoms with van der Waals surface area (Å²) in [4.78, 5) is 0. The van der Waals surface area contributed by atoms with Crippen LogP contribution in [0.4, 0.5) is 0 Å². The first-order chi connectivity index (χ1) is 9.41. The molecule has 4 heteroatoms. The van der Waals surface area contributed by atoms with Crippen molar-refractivity contribution in [1.29, 1.82) is 0 Å². The predicted octanol–water partition coefficient (Wildman–Crippen LogP) is 5.53. The summed E-state index contributed by atoms with van der Waals surface area (Å²) in [6, 6.07) is 9.31. The predicted molar refractivity (Wildman–Crippen MR) is 85.4 cm³/mol. The average molecular weight is 312 g/mol. The van der Waals surface area contributed by atoms with E-state index < -0.39 is 0 Å². The van der Waals surface area contributed by atoms with Gasteiger partial charge in [-0.3, -0.25) is 0 Å². The third-order valence-corrected chi connectivity index (χ3v) is 4.03. The molecule has 20 heavy (non-hydrogen) atoms. The minimum absolute atomic E-state index is 0.102. The number of halogens is 2. The normalized spacial score (nSPS) is 11.8. The molecule has 1 N–H and O–H groups in total. The van der Waals surface area contributed by atoms with E-state index in [1.807, 2.05) is 24.3 Å². The Balaban J connectivity index is 2.13. The lowest BCUT2D eigenvalue weighted by Gasteiger charge is -2.23. The van der Waals surface area contributed by atoms with E-state index in [-0.39, 0.29) is 5.54 Å². The van der Waals surface area contributed by atoms with Crippen LogP contribution in [0.25, 0.3) is 11.3 Å². The Labute approximate surface area is 130 Å². The molecule has 0 radical (unpaired) electrons. The number of nitrogens with one attached hydrogen (secondary N) is 1. The minimum Gasteiger partial charge on any atom is -0.460 e. The molecule has 1 aromatic heterocycles. The molecule has 2 rings (SSSR count). The van der Waals surface area contributed by atoms with Crippen LogP contribution in [0.2, 0.25) is 10.0 Å². The van der Waals surface area contributed by atoms with Gasteiger partial charge >= 0.3 is 0 Å². The first-order valence-electron chi connectivity index (χ1n) is 6.70. The van der Waals surface area contributed by atoms with Crippen molar-refractivity contribution in [2.45, 2.75) is 39.3 Å². The molecule has 0 amide bonds. The van der Waals surface area contributed by atoms with E-state index in [0.717, 1.165) is 23.5 Å². The van der Waals surface area contributed by atoms with Gasteiger partial charge in [0.05, 0.1) is 11.6 Å². The van der Waals surface area contributed by atoms with E-state index in [4.69, 9.17) is 27.6 Å². The van der Waals surface area contributed by atoms with Crippen molar-refractivity contribution in [3.8, 4) is 11.3 Å². The second-order valence-corrected chi connectivity index (χ2v) is 6.32. The molecule has 0 aliphatic carbocycles. The lowest BCUT2D eigenvalue weighted by Crippen LogP contribution is -2.37. The van der Waals surface area contributed by atoms with Crippen molar-refractivity contribution in [3.05, 3.63) is 46.1 Å². The highest BCUT2D eigenvalue weighted by Crippen LogP contribution is 2.31. The second kappa shape index (κ2) is 6.21. The van der Waals surface area contributed by atoms with Crippen molar-refractivity contribution in [2.24, 2.45) is 0 Å². The highest BCUT2D eigenvalue weighted by Gasteiger charge is 2.15. The Morgan fingerprint density at radius 2 is 1.90 bits per heavy atom. The van der Waals surface area contributed by atoms with Crippen LogP contribution in [0.5, 0.6) is 0 Å². The lowest BCUT2D eigenvalue weighted by molar-refractivity contribution is 0.353. The molecule has 0 aliphatic heterocycles. The van der Waals surface area contributed by atoms with Crippen LogP contribution in [0, 0.1) is 0 Å². The molecule has 2 nitrogen and oxygen atoms in total. The quantitative estimate of drug-likeness (QED) is 0.785. The summed E-state index contributed by atoms with van der Waals surface area (Å²) in [6.07, 6.45) is 1.06. The van der Waals surface area contributed by atoms with Crippen molar-refractivity contribution in [2.75, 3.05) is 0 Å². The van der Waals surface area contributed by atoms with E-state index in [0.29, 0.717) is 16.6 Å². The fraction of sp³-hybridized carbons (Fsp3) is 0.375. The van der Waals surface area contributed by atoms with E-state index in [9.17, 15) is 0 Å². The number of benzene rings is 1. The fourth-order valence-electron chi connectivity index (χ4n) is 1.76. The average Bonchev–Trinajstić information content (AvgIpc) is 2.85. The minimum atomic E-state index is 0.102. The zero-order chi connectivity index (χ0) is 14.8. The summed E-state index contributed by atoms with van der Waals surface area (Å²) in [5, 5.41) is 4.69. The maximum Gasteiger partial charge on any atom is 0.135 e. The highest BCUT2D eigenvalue weighted by atomic mass is 35.5. The molecule has 0 spiro atoms. The molecule has 108 valence electrons. The Hall–Kier alpha value is -0.960. The zero-order valence-corrected chi connectivity index (χ0v) is 13.5. The summed E-state index contributed by atoms with van der Waals surface area (Å²) < 4.78 is 5.84. The van der Waals surface area contributed by atoms with Gasteiger partial charge in [0.25, 0.3) is 0 Å². The van der Waals surface area contributed by atoms with E-state index in [2.05, 4.69) is 26.1 Å². The van der Waals surface area contributed by atoms with E-state index in [1.54, 1.807) is 6.07 Å². The summed E-state index contributed by atoms with van der Waals surface area (Å²) in [5.41, 5.74) is 0.960. The zero-order valence-electron chi connectivity index (χ0n) is 12.0. The molecule has 1 heterocycles. The molecule has 0 saturated heterocycles. The molecule has 0 fully saturated rings. The maximum atomic E-state index is 6.19. The fourth-order valence-corrected chi connectivity index (χ4v) is 2.26. The van der Waals surface area contributed by atoms with Crippen LogP contribution in [0.1, 0.15) is 33.0 Å². The Morgan fingerprint density at radius 3 is 2.55 bits per heavy atom. The molecular formula is C16H19Cl2NO. The molecule has 1 aromatic carbocycles. The van der Waals surface area contributed by atoms with Crippen LogP contribution in [-0.4, -0.2) is 5.54 Å². The Bertz CT molecular complexity index is 590. The Kier molecular flexibility index (Phi) is 4.79. The van der Waals surface area contributed by atoms with Gasteiger partial charge < -0.3 is 9.73 Å². The summed E-state index contributed by atoms with van der Waals surface area (Å²) >= 11 is 12.1. The lowest BCUT2D eigenvalue weighted by atomic mass is 10.0. The second-order valence-electron chi connectivity index (χ2n) is 5.48. The third-order valence-electron chi connectivity index (χ3n) is 3.48. The van der Waals surface area contributed by atoms with Crippen LogP contribution < -0.4 is 5.32 Å². The molecule has 0 bridgehead atoms. The topological polar surface area (TPSA) is 25.2 Å². The molecule has 0 atom stereocenters. The third kappa shape index (κ3) is 3.78. The van der Waals surface area contributed by atoms with Crippen LogP contribution in [0.15, 0.2) is 34.7 Å². The van der Waals surface area contributed by atoms with Gasteiger partial charge in [0, 0.05) is 16.1 Å². The Morgan fingerprint density at radius 1 is 1.15 bits per heavy atom. The summed E-state index contributed by atoms with van der Waals surface area (Å²) in [5.74, 6) is 1.66. The van der Waals surface area contributed by atoms with Crippen molar-refractivity contribution < 1.29 is 4.42 Å². The molecule has 0 saturated carbocycles. The smallest absolute Gasteiger partial charge is 0.135 e. The highest BCUT2D eigenvalue weighted by molar-refractivity contribution is 6.36. The van der Waals surface area contributed by atoms with Crippen LogP contribution >= 0.6 is 23.2 Å². The molecule has 0 unspecified atom stereocenters. The molecule has 2 aromatic rings. The van der Waals surface area contributed by atoms with Gasteiger partial charge in [0.15, 0.2) is 0 Å². The summed E-state index contributed by atoms with van der Waals surface area (Å²) in [6.45, 7) is 7.21. The van der Waals surface area contributed by atoms with E-state index >= 15 is 0 Å². The van der Waals surface area contributed by atoms with Gasteiger partial charge in [-0.25, -0.2) is 0 Å². The van der Waals surface area contributed by atoms with Gasteiger partial charge in [-0.1, -0.05) is 30.1 Å². The van der Waals surface area contributed by atoms with Crippen molar-refractivity contribution >= 4 is 23.2 Å². The van der Waals surface area contributed by atoms with Crippen molar-refractivity contribution in [1.82, 2.24) is 5.32 Å². The van der Waals surface area contributed by atoms with Gasteiger partial charge in [-0.05, 0) is 50.6 Å². The molecule has 0 aliphatic rings. The first kappa shape index (κ1) is 15.4. The van der Waals surface area contributed by atoms with Gasteiger partial charge in [0.1, 0.15) is 11.5 Å². The monoisotopic (exact) mass is 311 g/mol. The van der Waals surface area contributed by atoms with E-state index in [1.165, 1.54) is 0 Å². The number of furan rings is 1. The molecular weight excluding hydrogens is 293 g/mol. The number of hydrogen-bond acceptors (Lipinski definition) is 2. The largest absolute Gasteiger partial charge is 0.460 e. The standard InChI is InChI=1S/C16H19Cl2NO/c1-4-16(2,3)19-10-12-6-8-15(20-12)13-7-5-11(17)9-14(13)18/h5-9,19H,4,10H2,1-3H3. The van der Waals surface area contributed by atoms with Crippen molar-refractivity contribution in [3.63, 3.8) is 0 Å².